The number of amides is 3. The van der Waals surface area contributed by atoms with Crippen LogP contribution in [0.4, 0.5) is 25.0 Å². The molecule has 0 saturated carbocycles. The third-order valence-corrected chi connectivity index (χ3v) is 3.27. The third kappa shape index (κ3) is 3.27. The SMILES string of the molecule is CC(=O)Nc1cc(N2CN(C(F)F)C(=O)N2)c(Cl)cc1Cl. The summed E-state index contributed by atoms with van der Waals surface area (Å²) in [4.78, 5) is 22.8. The number of hydrazine groups is 1. The first-order chi connectivity index (χ1) is 9.79. The number of hydrogen-bond acceptors (Lipinski definition) is 3. The highest BCUT2D eigenvalue weighted by Gasteiger charge is 2.34. The van der Waals surface area contributed by atoms with Gasteiger partial charge < -0.3 is 5.32 Å². The Morgan fingerprint density at radius 1 is 1.38 bits per heavy atom. The van der Waals surface area contributed by atoms with E-state index in [0.29, 0.717) is 4.90 Å². The highest BCUT2D eigenvalue weighted by Crippen LogP contribution is 2.35. The quantitative estimate of drug-likeness (QED) is 0.833. The zero-order chi connectivity index (χ0) is 15.7. The molecule has 0 aliphatic carbocycles. The summed E-state index contributed by atoms with van der Waals surface area (Å²) in [6.07, 6.45) is 0. The van der Waals surface area contributed by atoms with Crippen molar-refractivity contribution in [2.45, 2.75) is 13.5 Å². The number of carbonyl (C=O) groups is 2. The van der Waals surface area contributed by atoms with Gasteiger partial charge in [-0.3, -0.25) is 9.80 Å². The number of nitrogens with one attached hydrogen (secondary N) is 2. The Hall–Kier alpha value is -1.80. The average Bonchev–Trinajstić information content (AvgIpc) is 2.74. The van der Waals surface area contributed by atoms with Gasteiger partial charge in [-0.1, -0.05) is 23.2 Å². The number of nitrogens with zero attached hydrogens (tertiary/aromatic N) is 2. The Kier molecular flexibility index (Phi) is 4.38. The van der Waals surface area contributed by atoms with Crippen LogP contribution in [0, 0.1) is 0 Å². The lowest BCUT2D eigenvalue weighted by Gasteiger charge is -2.20. The summed E-state index contributed by atoms with van der Waals surface area (Å²) < 4.78 is 25.2. The van der Waals surface area contributed by atoms with E-state index in [0.717, 1.165) is 5.01 Å². The zero-order valence-electron chi connectivity index (χ0n) is 10.7. The van der Waals surface area contributed by atoms with Crippen LogP contribution in [0.3, 0.4) is 0 Å². The van der Waals surface area contributed by atoms with Crippen LogP contribution in [0.25, 0.3) is 0 Å². The maximum atomic E-state index is 12.6. The molecule has 1 aromatic carbocycles. The number of anilines is 2. The lowest BCUT2D eigenvalue weighted by Crippen LogP contribution is -2.33. The van der Waals surface area contributed by atoms with Gasteiger partial charge in [0.2, 0.25) is 5.91 Å². The van der Waals surface area contributed by atoms with Crippen molar-refractivity contribution < 1.29 is 18.4 Å². The van der Waals surface area contributed by atoms with Gasteiger partial charge in [0, 0.05) is 6.92 Å². The number of halogens is 4. The van der Waals surface area contributed by atoms with Crippen LogP contribution in [0.1, 0.15) is 6.92 Å². The minimum Gasteiger partial charge on any atom is -0.325 e. The molecule has 2 rings (SSSR count). The molecular weight excluding hydrogens is 329 g/mol. The van der Waals surface area contributed by atoms with Crippen LogP contribution >= 0.6 is 23.2 Å². The second kappa shape index (κ2) is 5.90. The Labute approximate surface area is 128 Å². The molecule has 114 valence electrons. The fraction of sp³-hybridized carbons (Fsp3) is 0.273. The number of carbonyl (C=O) groups excluding carboxylic acids is 2. The molecule has 1 aliphatic rings. The second-order valence-electron chi connectivity index (χ2n) is 4.20. The van der Waals surface area contributed by atoms with Crippen molar-refractivity contribution in [3.05, 3.63) is 22.2 Å². The van der Waals surface area contributed by atoms with Crippen LogP contribution in [-0.4, -0.2) is 30.1 Å². The summed E-state index contributed by atoms with van der Waals surface area (Å²) in [5.41, 5.74) is 2.74. The van der Waals surface area contributed by atoms with Crippen molar-refractivity contribution in [3.63, 3.8) is 0 Å². The summed E-state index contributed by atoms with van der Waals surface area (Å²) in [7, 11) is 0. The first-order valence-electron chi connectivity index (χ1n) is 5.69. The van der Waals surface area contributed by atoms with E-state index < -0.39 is 19.2 Å². The number of benzene rings is 1. The molecule has 1 aromatic rings. The number of hydrogen-bond donors (Lipinski definition) is 2. The van der Waals surface area contributed by atoms with Gasteiger partial charge in [0.05, 0.1) is 21.4 Å². The summed E-state index contributed by atoms with van der Waals surface area (Å²) in [6, 6.07) is 1.79. The number of rotatable bonds is 3. The van der Waals surface area contributed by atoms with Crippen molar-refractivity contribution in [3.8, 4) is 0 Å². The Bertz CT molecular complexity index is 600. The normalized spacial score (nSPS) is 14.7. The van der Waals surface area contributed by atoms with E-state index in [4.69, 9.17) is 23.2 Å². The molecule has 2 N–H and O–H groups in total. The second-order valence-corrected chi connectivity index (χ2v) is 5.01. The van der Waals surface area contributed by atoms with E-state index in [1.165, 1.54) is 19.1 Å². The van der Waals surface area contributed by atoms with Crippen LogP contribution in [0.15, 0.2) is 12.1 Å². The molecular formula is C11H10Cl2F2N4O2. The molecule has 3 amide bonds. The molecule has 6 nitrogen and oxygen atoms in total. The van der Waals surface area contributed by atoms with Gasteiger partial charge in [-0.05, 0) is 12.1 Å². The van der Waals surface area contributed by atoms with Crippen LogP contribution < -0.4 is 15.8 Å². The third-order valence-electron chi connectivity index (χ3n) is 2.66. The summed E-state index contributed by atoms with van der Waals surface area (Å²) in [5.74, 6) is -0.357. The maximum absolute atomic E-state index is 12.6. The topological polar surface area (TPSA) is 64.7 Å². The van der Waals surface area contributed by atoms with Crippen molar-refractivity contribution in [1.82, 2.24) is 10.3 Å². The van der Waals surface area contributed by atoms with Gasteiger partial charge >= 0.3 is 12.6 Å². The van der Waals surface area contributed by atoms with Crippen molar-refractivity contribution in [2.24, 2.45) is 0 Å². The highest BCUT2D eigenvalue weighted by atomic mass is 35.5. The predicted octanol–water partition coefficient (Wildman–Crippen LogP) is 2.88. The van der Waals surface area contributed by atoms with Gasteiger partial charge in [-0.2, -0.15) is 8.78 Å². The molecule has 0 radical (unpaired) electrons. The molecule has 1 fully saturated rings. The molecule has 1 saturated heterocycles. The highest BCUT2D eigenvalue weighted by molar-refractivity contribution is 6.38. The fourth-order valence-electron chi connectivity index (χ4n) is 1.75. The number of alkyl halides is 2. The minimum absolute atomic E-state index is 0.144. The lowest BCUT2D eigenvalue weighted by molar-refractivity contribution is -0.114. The fourth-order valence-corrected chi connectivity index (χ4v) is 2.28. The lowest BCUT2D eigenvalue weighted by atomic mass is 10.2. The van der Waals surface area contributed by atoms with E-state index in [2.05, 4.69) is 10.7 Å². The van der Waals surface area contributed by atoms with Crippen molar-refractivity contribution in [1.29, 1.82) is 0 Å². The maximum Gasteiger partial charge on any atom is 0.342 e. The summed E-state index contributed by atoms with van der Waals surface area (Å²) in [5, 5.41) is 3.95. The molecule has 0 atom stereocenters. The molecule has 0 unspecified atom stereocenters. The molecule has 1 aliphatic heterocycles. The smallest absolute Gasteiger partial charge is 0.325 e. The number of urea groups is 1. The van der Waals surface area contributed by atoms with E-state index in [-0.39, 0.29) is 27.3 Å². The van der Waals surface area contributed by atoms with Gasteiger partial charge in [0.1, 0.15) is 6.67 Å². The van der Waals surface area contributed by atoms with Gasteiger partial charge in [0.25, 0.3) is 0 Å². The molecule has 0 bridgehead atoms. The molecule has 0 aromatic heterocycles. The zero-order valence-corrected chi connectivity index (χ0v) is 12.2. The van der Waals surface area contributed by atoms with Crippen LogP contribution in [-0.2, 0) is 4.79 Å². The van der Waals surface area contributed by atoms with Crippen molar-refractivity contribution >= 4 is 46.5 Å². The Morgan fingerprint density at radius 2 is 2.05 bits per heavy atom. The standard InChI is InChI=1S/C11H10Cl2F2N4O2/c1-5(20)16-8-3-9(7(13)2-6(8)12)19-4-18(10(14)15)11(21)17-19/h2-3,10H,4H2,1H3,(H,16,20)(H,17,21). The molecule has 0 spiro atoms. The first-order valence-corrected chi connectivity index (χ1v) is 6.44. The monoisotopic (exact) mass is 338 g/mol. The first kappa shape index (κ1) is 15.6. The van der Waals surface area contributed by atoms with E-state index in [9.17, 15) is 18.4 Å². The minimum atomic E-state index is -2.93. The summed E-state index contributed by atoms with van der Waals surface area (Å²) >= 11 is 11.9. The largest absolute Gasteiger partial charge is 0.342 e. The van der Waals surface area contributed by atoms with Crippen molar-refractivity contribution in [2.75, 3.05) is 17.0 Å². The van der Waals surface area contributed by atoms with E-state index in [1.54, 1.807) is 0 Å². The average molecular weight is 339 g/mol. The predicted molar refractivity (Wildman–Crippen MR) is 74.5 cm³/mol. The molecule has 10 heteroatoms. The van der Waals surface area contributed by atoms with Gasteiger partial charge in [-0.25, -0.2) is 15.1 Å². The molecule has 1 heterocycles. The van der Waals surface area contributed by atoms with Gasteiger partial charge in [-0.15, -0.1) is 0 Å². The van der Waals surface area contributed by atoms with E-state index >= 15 is 0 Å². The van der Waals surface area contributed by atoms with Gasteiger partial charge in [0.15, 0.2) is 0 Å². The Morgan fingerprint density at radius 3 is 2.57 bits per heavy atom. The van der Waals surface area contributed by atoms with Crippen LogP contribution in [0.5, 0.6) is 0 Å². The van der Waals surface area contributed by atoms with E-state index in [1.807, 2.05) is 0 Å². The molecule has 21 heavy (non-hydrogen) atoms. The summed E-state index contributed by atoms with van der Waals surface area (Å²) in [6.45, 7) is -2.03. The Balaban J connectivity index is 2.32. The van der Waals surface area contributed by atoms with Crippen LogP contribution in [0.2, 0.25) is 10.0 Å².